The predicted molar refractivity (Wildman–Crippen MR) is 132 cm³/mol. The van der Waals surface area contributed by atoms with Crippen molar-refractivity contribution < 1.29 is 19.1 Å². The molecule has 7 nitrogen and oxygen atoms in total. The van der Waals surface area contributed by atoms with E-state index in [0.717, 1.165) is 40.9 Å². The fourth-order valence-electron chi connectivity index (χ4n) is 3.94. The molecule has 0 unspecified atom stereocenters. The highest BCUT2D eigenvalue weighted by atomic mass is 16.6. The summed E-state index contributed by atoms with van der Waals surface area (Å²) in [7, 11) is 0. The van der Waals surface area contributed by atoms with Crippen molar-refractivity contribution in [2.75, 3.05) is 17.2 Å². The van der Waals surface area contributed by atoms with Gasteiger partial charge in [-0.15, -0.1) is 0 Å². The van der Waals surface area contributed by atoms with Crippen molar-refractivity contribution >= 4 is 29.3 Å². The van der Waals surface area contributed by atoms with Crippen molar-refractivity contribution in [2.45, 2.75) is 32.7 Å². The zero-order valence-corrected chi connectivity index (χ0v) is 19.2. The van der Waals surface area contributed by atoms with E-state index in [0.29, 0.717) is 17.7 Å². The molecule has 0 spiro atoms. The number of hydrogen-bond acceptors (Lipinski definition) is 5. The Balaban J connectivity index is 1.35. The molecular formula is C27H27N3O4. The van der Waals surface area contributed by atoms with Gasteiger partial charge in [0.2, 0.25) is 0 Å². The normalized spacial score (nSPS) is 14.9. The molecule has 4 rings (SSSR count). The number of amides is 2. The van der Waals surface area contributed by atoms with Crippen LogP contribution < -0.4 is 16.0 Å². The molecule has 1 aliphatic rings. The number of aryl methyl sites for hydroxylation is 2. The largest absolute Gasteiger partial charge is 0.388 e. The van der Waals surface area contributed by atoms with Gasteiger partial charge in [-0.05, 0) is 79.8 Å². The van der Waals surface area contributed by atoms with Gasteiger partial charge in [-0.1, -0.05) is 42.5 Å². The Labute approximate surface area is 198 Å². The smallest absolute Gasteiger partial charge is 0.345 e. The Kier molecular flexibility index (Phi) is 7.04. The van der Waals surface area contributed by atoms with E-state index in [9.17, 15) is 14.4 Å². The van der Waals surface area contributed by atoms with Crippen LogP contribution in [0.3, 0.4) is 0 Å². The van der Waals surface area contributed by atoms with Gasteiger partial charge in [0, 0.05) is 11.4 Å². The zero-order valence-electron chi connectivity index (χ0n) is 19.2. The molecule has 7 heteroatoms. The SMILES string of the molecule is Cc1cccc(C)c1NC(=O)Nc1ccc(-c2ccc(C(=O)OC(=O)[C@H]3CCCN3)cc2)cc1. The van der Waals surface area contributed by atoms with Crippen LogP contribution in [0.25, 0.3) is 11.1 Å². The second-order valence-corrected chi connectivity index (χ2v) is 8.36. The van der Waals surface area contributed by atoms with E-state index < -0.39 is 18.0 Å². The Morgan fingerprint density at radius 3 is 2.06 bits per heavy atom. The molecule has 3 N–H and O–H groups in total. The molecule has 2 amide bonds. The van der Waals surface area contributed by atoms with Crippen molar-refractivity contribution in [3.05, 3.63) is 83.4 Å². The van der Waals surface area contributed by atoms with Crippen LogP contribution >= 0.6 is 0 Å². The minimum Gasteiger partial charge on any atom is -0.388 e. The number of urea groups is 1. The maximum Gasteiger partial charge on any atom is 0.345 e. The summed E-state index contributed by atoms with van der Waals surface area (Å²) >= 11 is 0. The summed E-state index contributed by atoms with van der Waals surface area (Å²) in [6.07, 6.45) is 1.58. The first-order valence-electron chi connectivity index (χ1n) is 11.2. The third-order valence-corrected chi connectivity index (χ3v) is 5.85. The lowest BCUT2D eigenvalue weighted by Crippen LogP contribution is -2.33. The van der Waals surface area contributed by atoms with E-state index in [1.54, 1.807) is 24.3 Å². The molecule has 0 saturated carbocycles. The van der Waals surface area contributed by atoms with Gasteiger partial charge in [-0.3, -0.25) is 0 Å². The Morgan fingerprint density at radius 1 is 0.853 bits per heavy atom. The number of nitrogens with one attached hydrogen (secondary N) is 3. The summed E-state index contributed by atoms with van der Waals surface area (Å²) in [6.45, 7) is 4.66. The summed E-state index contributed by atoms with van der Waals surface area (Å²) in [5.74, 6) is -1.18. The monoisotopic (exact) mass is 457 g/mol. The Morgan fingerprint density at radius 2 is 1.47 bits per heavy atom. The van der Waals surface area contributed by atoms with Crippen LogP contribution in [-0.2, 0) is 9.53 Å². The minimum atomic E-state index is -0.653. The fraction of sp³-hybridized carbons (Fsp3) is 0.222. The highest BCUT2D eigenvalue weighted by molar-refractivity contribution is 6.01. The molecule has 0 bridgehead atoms. The topological polar surface area (TPSA) is 96.5 Å². The molecule has 1 aliphatic heterocycles. The van der Waals surface area contributed by atoms with Crippen LogP contribution in [0.2, 0.25) is 0 Å². The summed E-state index contributed by atoms with van der Waals surface area (Å²) in [5, 5.41) is 8.76. The van der Waals surface area contributed by atoms with Gasteiger partial charge in [0.15, 0.2) is 0 Å². The first-order chi connectivity index (χ1) is 16.4. The third-order valence-electron chi connectivity index (χ3n) is 5.85. The molecule has 1 fully saturated rings. The molecule has 1 saturated heterocycles. The number of rotatable bonds is 5. The lowest BCUT2D eigenvalue weighted by molar-refractivity contribution is -0.139. The number of benzene rings is 3. The van der Waals surface area contributed by atoms with E-state index >= 15 is 0 Å². The predicted octanol–water partition coefficient (Wildman–Crippen LogP) is 5.05. The van der Waals surface area contributed by atoms with Gasteiger partial charge in [0.05, 0.1) is 5.56 Å². The average Bonchev–Trinajstić information content (AvgIpc) is 3.37. The lowest BCUT2D eigenvalue weighted by Gasteiger charge is -2.13. The van der Waals surface area contributed by atoms with Crippen LogP contribution in [0.15, 0.2) is 66.7 Å². The fourth-order valence-corrected chi connectivity index (χ4v) is 3.94. The van der Waals surface area contributed by atoms with Gasteiger partial charge < -0.3 is 20.7 Å². The highest BCUT2D eigenvalue weighted by Gasteiger charge is 2.26. The number of para-hydroxylation sites is 1. The van der Waals surface area contributed by atoms with Gasteiger partial charge >= 0.3 is 18.0 Å². The Bertz CT molecular complexity index is 1180. The van der Waals surface area contributed by atoms with E-state index in [-0.39, 0.29) is 6.03 Å². The quantitative estimate of drug-likeness (QED) is 0.368. The summed E-state index contributed by atoms with van der Waals surface area (Å²) in [5.41, 5.74) is 5.59. The molecular weight excluding hydrogens is 430 g/mol. The van der Waals surface area contributed by atoms with E-state index in [2.05, 4.69) is 16.0 Å². The molecule has 0 aliphatic carbocycles. The van der Waals surface area contributed by atoms with Crippen molar-refractivity contribution in [1.82, 2.24) is 5.32 Å². The van der Waals surface area contributed by atoms with Crippen molar-refractivity contribution in [1.29, 1.82) is 0 Å². The van der Waals surface area contributed by atoms with Crippen LogP contribution in [0.1, 0.15) is 34.3 Å². The van der Waals surface area contributed by atoms with Crippen molar-refractivity contribution in [3.8, 4) is 11.1 Å². The van der Waals surface area contributed by atoms with Gasteiger partial charge in [-0.2, -0.15) is 0 Å². The molecule has 3 aromatic carbocycles. The second-order valence-electron chi connectivity index (χ2n) is 8.36. The van der Waals surface area contributed by atoms with Gasteiger partial charge in [-0.25, -0.2) is 14.4 Å². The van der Waals surface area contributed by atoms with Crippen molar-refractivity contribution in [3.63, 3.8) is 0 Å². The third kappa shape index (κ3) is 5.50. The Hall–Kier alpha value is -3.97. The maximum absolute atomic E-state index is 12.4. The molecule has 174 valence electrons. The zero-order chi connectivity index (χ0) is 24.1. The van der Waals surface area contributed by atoms with Gasteiger partial charge in [0.1, 0.15) is 6.04 Å². The molecule has 1 heterocycles. The number of esters is 2. The van der Waals surface area contributed by atoms with E-state index in [4.69, 9.17) is 4.74 Å². The number of hydrogen-bond donors (Lipinski definition) is 3. The first kappa shape index (κ1) is 23.2. The lowest BCUT2D eigenvalue weighted by atomic mass is 10.0. The molecule has 3 aromatic rings. The van der Waals surface area contributed by atoms with Crippen LogP contribution in [0, 0.1) is 13.8 Å². The van der Waals surface area contributed by atoms with Gasteiger partial charge in [0.25, 0.3) is 0 Å². The minimum absolute atomic E-state index is 0.310. The first-order valence-corrected chi connectivity index (χ1v) is 11.2. The molecule has 34 heavy (non-hydrogen) atoms. The van der Waals surface area contributed by atoms with Crippen LogP contribution in [-0.4, -0.2) is 30.6 Å². The maximum atomic E-state index is 12.4. The summed E-state index contributed by atoms with van der Waals surface area (Å²) < 4.78 is 4.99. The van der Waals surface area contributed by atoms with E-state index in [1.807, 2.05) is 56.3 Å². The standard InChI is InChI=1S/C27H27N3O4/c1-17-5-3-6-18(2)24(17)30-27(33)29-22-14-12-20(13-15-22)19-8-10-21(11-9-19)25(31)34-26(32)23-7-4-16-28-23/h3,5-6,8-15,23,28H,4,7,16H2,1-2H3,(H2,29,30,33)/t23-/m1/s1. The van der Waals surface area contributed by atoms with E-state index in [1.165, 1.54) is 0 Å². The summed E-state index contributed by atoms with van der Waals surface area (Å²) in [6, 6.07) is 19.4. The van der Waals surface area contributed by atoms with Crippen molar-refractivity contribution in [2.24, 2.45) is 0 Å². The second kappa shape index (κ2) is 10.3. The average molecular weight is 458 g/mol. The number of carbonyl (C=O) groups excluding carboxylic acids is 3. The summed E-state index contributed by atoms with van der Waals surface area (Å²) in [4.78, 5) is 36.7. The van der Waals surface area contributed by atoms with Crippen LogP contribution in [0.5, 0.6) is 0 Å². The number of carbonyl (C=O) groups is 3. The molecule has 0 aromatic heterocycles. The number of ether oxygens (including phenoxy) is 1. The number of anilines is 2. The molecule has 0 radical (unpaired) electrons. The molecule has 1 atom stereocenters. The highest BCUT2D eigenvalue weighted by Crippen LogP contribution is 2.23. The van der Waals surface area contributed by atoms with Crippen LogP contribution in [0.4, 0.5) is 16.2 Å².